The molecule has 1 aromatic carbocycles. The third-order valence-electron chi connectivity index (χ3n) is 1.59. The summed E-state index contributed by atoms with van der Waals surface area (Å²) in [6.45, 7) is 0.587. The smallest absolute Gasteiger partial charge is 0.123 e. The van der Waals surface area contributed by atoms with Crippen LogP contribution in [-0.2, 0) is 0 Å². The van der Waals surface area contributed by atoms with E-state index in [2.05, 4.69) is 0 Å². The van der Waals surface area contributed by atoms with Gasteiger partial charge in [-0.15, -0.1) is 0 Å². The highest BCUT2D eigenvalue weighted by molar-refractivity contribution is 6.32. The highest BCUT2D eigenvalue weighted by atomic mass is 35.5. The van der Waals surface area contributed by atoms with E-state index in [9.17, 15) is 4.39 Å². The second-order valence-corrected chi connectivity index (χ2v) is 3.05. The van der Waals surface area contributed by atoms with Crippen molar-refractivity contribution in [2.45, 2.75) is 6.42 Å². The van der Waals surface area contributed by atoms with E-state index in [1.165, 1.54) is 12.1 Å². The third kappa shape index (κ3) is 3.17. The minimum atomic E-state index is -0.281. The van der Waals surface area contributed by atoms with Crippen LogP contribution in [0.3, 0.4) is 0 Å². The fraction of sp³-hybridized carbons (Fsp3) is 0.200. The van der Waals surface area contributed by atoms with Gasteiger partial charge in [-0.05, 0) is 36.7 Å². The average molecular weight is 200 g/mol. The van der Waals surface area contributed by atoms with Crippen LogP contribution in [0.15, 0.2) is 24.3 Å². The number of rotatable bonds is 3. The number of hydrogen-bond acceptors (Lipinski definition) is 1. The van der Waals surface area contributed by atoms with Gasteiger partial charge in [0, 0.05) is 5.02 Å². The number of benzene rings is 1. The molecule has 70 valence electrons. The van der Waals surface area contributed by atoms with E-state index in [0.29, 0.717) is 17.1 Å². The highest BCUT2D eigenvalue weighted by Crippen LogP contribution is 2.18. The molecule has 0 bridgehead atoms. The number of hydrogen-bond donors (Lipinski definition) is 1. The minimum Gasteiger partial charge on any atom is -0.330 e. The van der Waals surface area contributed by atoms with Crippen molar-refractivity contribution in [3.05, 3.63) is 40.7 Å². The van der Waals surface area contributed by atoms with Gasteiger partial charge in [-0.3, -0.25) is 0 Å². The molecule has 1 rings (SSSR count). The van der Waals surface area contributed by atoms with Gasteiger partial charge in [0.2, 0.25) is 0 Å². The van der Waals surface area contributed by atoms with Crippen LogP contribution < -0.4 is 5.73 Å². The molecule has 2 N–H and O–H groups in total. The van der Waals surface area contributed by atoms with Crippen molar-refractivity contribution in [1.82, 2.24) is 0 Å². The van der Waals surface area contributed by atoms with Crippen LogP contribution in [0.2, 0.25) is 5.02 Å². The standard InChI is InChI=1S/C10H11ClFN/c11-10-5-4-9(12)7-8(10)3-1-2-6-13/h1,3-5,7H,2,6,13H2/b3-1+. The van der Waals surface area contributed by atoms with Crippen LogP contribution in [0.5, 0.6) is 0 Å². The van der Waals surface area contributed by atoms with Crippen LogP contribution >= 0.6 is 11.6 Å². The maximum Gasteiger partial charge on any atom is 0.123 e. The summed E-state index contributed by atoms with van der Waals surface area (Å²) in [4.78, 5) is 0. The van der Waals surface area contributed by atoms with Crippen LogP contribution in [0.1, 0.15) is 12.0 Å². The lowest BCUT2D eigenvalue weighted by atomic mass is 10.2. The first kappa shape index (κ1) is 10.2. The van der Waals surface area contributed by atoms with Crippen molar-refractivity contribution >= 4 is 17.7 Å². The summed E-state index contributed by atoms with van der Waals surface area (Å²) in [6.07, 6.45) is 4.42. The summed E-state index contributed by atoms with van der Waals surface area (Å²) in [5.41, 5.74) is 5.99. The number of halogens is 2. The molecule has 0 atom stereocenters. The second kappa shape index (κ2) is 5.00. The summed E-state index contributed by atoms with van der Waals surface area (Å²) in [5.74, 6) is -0.281. The summed E-state index contributed by atoms with van der Waals surface area (Å²) in [6, 6.07) is 4.27. The molecule has 0 unspecified atom stereocenters. The zero-order valence-corrected chi connectivity index (χ0v) is 7.89. The molecule has 0 aliphatic heterocycles. The third-order valence-corrected chi connectivity index (χ3v) is 1.93. The first-order valence-corrected chi connectivity index (χ1v) is 4.43. The monoisotopic (exact) mass is 199 g/mol. The van der Waals surface area contributed by atoms with E-state index < -0.39 is 0 Å². The van der Waals surface area contributed by atoms with Crippen molar-refractivity contribution in [2.75, 3.05) is 6.54 Å². The van der Waals surface area contributed by atoms with Crippen molar-refractivity contribution in [3.8, 4) is 0 Å². The molecule has 0 fully saturated rings. The Morgan fingerprint density at radius 2 is 2.23 bits per heavy atom. The molecule has 0 saturated carbocycles. The molecule has 0 amide bonds. The zero-order valence-electron chi connectivity index (χ0n) is 7.13. The van der Waals surface area contributed by atoms with Gasteiger partial charge in [-0.25, -0.2) is 4.39 Å². The van der Waals surface area contributed by atoms with E-state index in [1.807, 2.05) is 6.08 Å². The van der Waals surface area contributed by atoms with E-state index in [0.717, 1.165) is 6.42 Å². The maximum atomic E-state index is 12.7. The first-order valence-electron chi connectivity index (χ1n) is 4.05. The van der Waals surface area contributed by atoms with Gasteiger partial charge < -0.3 is 5.73 Å². The van der Waals surface area contributed by atoms with Crippen LogP contribution in [0, 0.1) is 5.82 Å². The Hall–Kier alpha value is -0.860. The first-order chi connectivity index (χ1) is 6.24. The Labute approximate surface area is 82.0 Å². The molecule has 0 aromatic heterocycles. The normalized spacial score (nSPS) is 11.0. The van der Waals surface area contributed by atoms with Gasteiger partial charge in [0.1, 0.15) is 5.82 Å². The van der Waals surface area contributed by atoms with Crippen LogP contribution in [0.25, 0.3) is 6.08 Å². The molecule has 0 radical (unpaired) electrons. The molecule has 0 aliphatic rings. The Balaban J connectivity index is 2.81. The molecule has 0 heterocycles. The van der Waals surface area contributed by atoms with Crippen LogP contribution in [-0.4, -0.2) is 6.54 Å². The van der Waals surface area contributed by atoms with Gasteiger partial charge in [-0.1, -0.05) is 23.8 Å². The lowest BCUT2D eigenvalue weighted by Gasteiger charge is -1.97. The Morgan fingerprint density at radius 3 is 2.92 bits per heavy atom. The van der Waals surface area contributed by atoms with Crippen molar-refractivity contribution in [1.29, 1.82) is 0 Å². The lowest BCUT2D eigenvalue weighted by molar-refractivity contribution is 0.627. The predicted octanol–water partition coefficient (Wildman–Crippen LogP) is 2.84. The van der Waals surface area contributed by atoms with E-state index in [4.69, 9.17) is 17.3 Å². The minimum absolute atomic E-state index is 0.281. The lowest BCUT2D eigenvalue weighted by Crippen LogP contribution is -1.95. The van der Waals surface area contributed by atoms with Gasteiger partial charge in [-0.2, -0.15) is 0 Å². The van der Waals surface area contributed by atoms with E-state index in [1.54, 1.807) is 12.1 Å². The summed E-state index contributed by atoms with van der Waals surface area (Å²) < 4.78 is 12.7. The fourth-order valence-corrected chi connectivity index (χ4v) is 1.13. The number of nitrogens with two attached hydrogens (primary N) is 1. The highest BCUT2D eigenvalue weighted by Gasteiger charge is 1.97. The fourth-order valence-electron chi connectivity index (χ4n) is 0.949. The van der Waals surface area contributed by atoms with Crippen molar-refractivity contribution < 1.29 is 4.39 Å². The molecule has 0 saturated heterocycles. The Kier molecular flexibility index (Phi) is 3.93. The van der Waals surface area contributed by atoms with Crippen LogP contribution in [0.4, 0.5) is 4.39 Å². The van der Waals surface area contributed by atoms with Gasteiger partial charge >= 0.3 is 0 Å². The van der Waals surface area contributed by atoms with E-state index >= 15 is 0 Å². The van der Waals surface area contributed by atoms with E-state index in [-0.39, 0.29) is 5.82 Å². The van der Waals surface area contributed by atoms with Gasteiger partial charge in [0.25, 0.3) is 0 Å². The Morgan fingerprint density at radius 1 is 1.46 bits per heavy atom. The summed E-state index contributed by atoms with van der Waals surface area (Å²) in [7, 11) is 0. The van der Waals surface area contributed by atoms with Crippen molar-refractivity contribution in [2.24, 2.45) is 5.73 Å². The molecule has 13 heavy (non-hydrogen) atoms. The largest absolute Gasteiger partial charge is 0.330 e. The van der Waals surface area contributed by atoms with Crippen molar-refractivity contribution in [3.63, 3.8) is 0 Å². The Bertz CT molecular complexity index is 310. The quantitative estimate of drug-likeness (QED) is 0.796. The predicted molar refractivity (Wildman–Crippen MR) is 54.1 cm³/mol. The van der Waals surface area contributed by atoms with Gasteiger partial charge in [0.15, 0.2) is 0 Å². The molecule has 1 aromatic rings. The molecule has 3 heteroatoms. The SMILES string of the molecule is NCC/C=C/c1cc(F)ccc1Cl. The summed E-state index contributed by atoms with van der Waals surface area (Å²) >= 11 is 5.83. The molecular weight excluding hydrogens is 189 g/mol. The molecule has 1 nitrogen and oxygen atoms in total. The topological polar surface area (TPSA) is 26.0 Å². The molecule has 0 aliphatic carbocycles. The summed E-state index contributed by atoms with van der Waals surface area (Å²) in [5, 5.41) is 0.551. The average Bonchev–Trinajstić information content (AvgIpc) is 2.11. The van der Waals surface area contributed by atoms with Gasteiger partial charge in [0.05, 0.1) is 0 Å². The molecular formula is C10H11ClFN. The molecule has 0 spiro atoms. The second-order valence-electron chi connectivity index (χ2n) is 2.65. The zero-order chi connectivity index (χ0) is 9.68. The maximum absolute atomic E-state index is 12.7.